The van der Waals surface area contributed by atoms with E-state index in [2.05, 4.69) is 9.97 Å². The minimum atomic E-state index is -0.835. The number of nitrogens with zero attached hydrogens (tertiary/aromatic N) is 2. The molecule has 1 aromatic carbocycles. The molecule has 0 aliphatic carbocycles. The van der Waals surface area contributed by atoms with E-state index >= 15 is 0 Å². The Labute approximate surface area is 157 Å². The normalized spacial score (nSPS) is 12.0. The zero-order chi connectivity index (χ0) is 18.9. The molecule has 8 heteroatoms. The third kappa shape index (κ3) is 5.14. The fourth-order valence-electron chi connectivity index (χ4n) is 2.36. The molecule has 0 N–H and O–H groups in total. The standard InChI is InChI=1S/C18H21ClN2O5/c1-4-9-25-17(22)16(18(23-2)24-3)12-7-5-6-8-13(12)26-15-10-14(19)20-11-21-15/h5-8,10-11,16,18H,4,9H2,1-3H3. The van der Waals surface area contributed by atoms with Crippen LogP contribution >= 0.6 is 11.6 Å². The second-order valence-corrected chi connectivity index (χ2v) is 5.69. The summed E-state index contributed by atoms with van der Waals surface area (Å²) in [5, 5.41) is 0.248. The van der Waals surface area contributed by atoms with Gasteiger partial charge in [-0.25, -0.2) is 9.97 Å². The number of methoxy groups -OCH3 is 2. The predicted molar refractivity (Wildman–Crippen MR) is 95.4 cm³/mol. The topological polar surface area (TPSA) is 79.8 Å². The summed E-state index contributed by atoms with van der Waals surface area (Å²) in [7, 11) is 2.92. The number of para-hydroxylation sites is 1. The van der Waals surface area contributed by atoms with Gasteiger partial charge in [0.2, 0.25) is 5.88 Å². The van der Waals surface area contributed by atoms with Crippen molar-refractivity contribution in [3.63, 3.8) is 0 Å². The minimum Gasteiger partial charge on any atom is -0.465 e. The summed E-state index contributed by atoms with van der Waals surface area (Å²) in [6.45, 7) is 2.22. The summed E-state index contributed by atoms with van der Waals surface area (Å²) in [6.07, 6.45) is 1.17. The van der Waals surface area contributed by atoms with Crippen LogP contribution in [-0.4, -0.2) is 43.1 Å². The maximum atomic E-state index is 12.6. The van der Waals surface area contributed by atoms with Crippen LogP contribution in [0.2, 0.25) is 5.15 Å². The number of carbonyl (C=O) groups excluding carboxylic acids is 1. The first-order valence-corrected chi connectivity index (χ1v) is 8.45. The van der Waals surface area contributed by atoms with Gasteiger partial charge < -0.3 is 18.9 Å². The summed E-state index contributed by atoms with van der Waals surface area (Å²) < 4.78 is 21.8. The molecule has 26 heavy (non-hydrogen) atoms. The highest BCUT2D eigenvalue weighted by atomic mass is 35.5. The Morgan fingerprint density at radius 3 is 2.58 bits per heavy atom. The Kier molecular flexibility index (Phi) is 7.77. The van der Waals surface area contributed by atoms with E-state index in [0.717, 1.165) is 0 Å². The quantitative estimate of drug-likeness (QED) is 0.373. The number of ether oxygens (including phenoxy) is 4. The summed E-state index contributed by atoms with van der Waals surface area (Å²) in [5.74, 6) is -0.619. The first-order chi connectivity index (χ1) is 12.6. The van der Waals surface area contributed by atoms with Crippen LogP contribution in [-0.2, 0) is 19.0 Å². The van der Waals surface area contributed by atoms with Gasteiger partial charge in [0.25, 0.3) is 0 Å². The van der Waals surface area contributed by atoms with Crippen molar-refractivity contribution in [3.8, 4) is 11.6 Å². The van der Waals surface area contributed by atoms with Crippen molar-refractivity contribution in [2.24, 2.45) is 0 Å². The van der Waals surface area contributed by atoms with Crippen molar-refractivity contribution in [1.82, 2.24) is 9.97 Å². The molecule has 7 nitrogen and oxygen atoms in total. The monoisotopic (exact) mass is 380 g/mol. The van der Waals surface area contributed by atoms with Gasteiger partial charge in [-0.15, -0.1) is 0 Å². The van der Waals surface area contributed by atoms with E-state index in [1.165, 1.54) is 26.6 Å². The van der Waals surface area contributed by atoms with Crippen molar-refractivity contribution >= 4 is 17.6 Å². The zero-order valence-electron chi connectivity index (χ0n) is 14.8. The molecular weight excluding hydrogens is 360 g/mol. The highest BCUT2D eigenvalue weighted by molar-refractivity contribution is 6.29. The average molecular weight is 381 g/mol. The first-order valence-electron chi connectivity index (χ1n) is 8.07. The molecule has 1 heterocycles. The highest BCUT2D eigenvalue weighted by Gasteiger charge is 2.34. The maximum Gasteiger partial charge on any atom is 0.318 e. The SMILES string of the molecule is CCCOC(=O)C(c1ccccc1Oc1cc(Cl)ncn1)C(OC)OC. The molecule has 1 atom stereocenters. The Morgan fingerprint density at radius 1 is 1.19 bits per heavy atom. The van der Waals surface area contributed by atoms with Crippen molar-refractivity contribution in [2.45, 2.75) is 25.6 Å². The largest absolute Gasteiger partial charge is 0.465 e. The van der Waals surface area contributed by atoms with E-state index in [1.54, 1.807) is 24.3 Å². The number of hydrogen-bond donors (Lipinski definition) is 0. The number of rotatable bonds is 9. The molecule has 0 aliphatic rings. The van der Waals surface area contributed by atoms with Crippen molar-refractivity contribution in [1.29, 1.82) is 0 Å². The first kappa shape index (κ1) is 20.1. The van der Waals surface area contributed by atoms with Gasteiger partial charge in [0, 0.05) is 25.8 Å². The lowest BCUT2D eigenvalue weighted by atomic mass is 9.97. The summed E-state index contributed by atoms with van der Waals surface area (Å²) in [6, 6.07) is 8.52. The lowest BCUT2D eigenvalue weighted by Gasteiger charge is -2.25. The maximum absolute atomic E-state index is 12.6. The molecule has 0 amide bonds. The Bertz CT molecular complexity index is 724. The van der Waals surface area contributed by atoms with Crippen LogP contribution in [0.15, 0.2) is 36.7 Å². The van der Waals surface area contributed by atoms with Gasteiger partial charge in [-0.1, -0.05) is 36.7 Å². The Morgan fingerprint density at radius 2 is 1.92 bits per heavy atom. The van der Waals surface area contributed by atoms with Gasteiger partial charge in [-0.2, -0.15) is 0 Å². The van der Waals surface area contributed by atoms with Crippen molar-refractivity contribution < 1.29 is 23.7 Å². The fraction of sp³-hybridized carbons (Fsp3) is 0.389. The summed E-state index contributed by atoms with van der Waals surface area (Å²) in [4.78, 5) is 20.5. The third-order valence-corrected chi connectivity index (χ3v) is 3.72. The third-order valence-electron chi connectivity index (χ3n) is 3.52. The highest BCUT2D eigenvalue weighted by Crippen LogP contribution is 2.34. The van der Waals surface area contributed by atoms with Crippen LogP contribution in [0.1, 0.15) is 24.8 Å². The van der Waals surface area contributed by atoms with Crippen LogP contribution in [0, 0.1) is 0 Å². The van der Waals surface area contributed by atoms with E-state index in [4.69, 9.17) is 30.5 Å². The smallest absolute Gasteiger partial charge is 0.318 e. The van der Waals surface area contributed by atoms with E-state index in [-0.39, 0.29) is 11.0 Å². The van der Waals surface area contributed by atoms with Gasteiger partial charge in [0.05, 0.1) is 6.61 Å². The van der Waals surface area contributed by atoms with E-state index in [9.17, 15) is 4.79 Å². The minimum absolute atomic E-state index is 0.248. The Balaban J connectivity index is 2.39. The van der Waals surface area contributed by atoms with Crippen LogP contribution in [0.5, 0.6) is 11.6 Å². The molecule has 0 aliphatic heterocycles. The van der Waals surface area contributed by atoms with Crippen LogP contribution in [0.25, 0.3) is 0 Å². The summed E-state index contributed by atoms with van der Waals surface area (Å²) >= 11 is 5.87. The average Bonchev–Trinajstić information content (AvgIpc) is 2.65. The van der Waals surface area contributed by atoms with Gasteiger partial charge in [0.15, 0.2) is 6.29 Å². The Hall–Kier alpha value is -2.22. The molecule has 0 fully saturated rings. The van der Waals surface area contributed by atoms with E-state index in [1.807, 2.05) is 6.92 Å². The number of aromatic nitrogens is 2. The van der Waals surface area contributed by atoms with Crippen LogP contribution in [0.3, 0.4) is 0 Å². The molecule has 0 saturated heterocycles. The number of benzene rings is 1. The molecule has 0 spiro atoms. The second kappa shape index (κ2) is 10.1. The lowest BCUT2D eigenvalue weighted by Crippen LogP contribution is -2.31. The molecule has 0 radical (unpaired) electrons. The van der Waals surface area contributed by atoms with Gasteiger partial charge in [-0.3, -0.25) is 4.79 Å². The van der Waals surface area contributed by atoms with E-state index in [0.29, 0.717) is 24.3 Å². The van der Waals surface area contributed by atoms with Gasteiger partial charge in [-0.05, 0) is 12.5 Å². The molecular formula is C18H21ClN2O5. The fourth-order valence-corrected chi connectivity index (χ4v) is 2.50. The predicted octanol–water partition coefficient (Wildman–Crippen LogP) is 3.58. The molecule has 0 bridgehead atoms. The second-order valence-electron chi connectivity index (χ2n) is 5.30. The van der Waals surface area contributed by atoms with Crippen molar-refractivity contribution in [3.05, 3.63) is 47.4 Å². The van der Waals surface area contributed by atoms with Gasteiger partial charge in [0.1, 0.15) is 23.1 Å². The zero-order valence-corrected chi connectivity index (χ0v) is 15.6. The molecule has 2 rings (SSSR count). The van der Waals surface area contributed by atoms with Crippen LogP contribution in [0.4, 0.5) is 0 Å². The van der Waals surface area contributed by atoms with Crippen LogP contribution < -0.4 is 4.74 Å². The summed E-state index contributed by atoms with van der Waals surface area (Å²) in [5.41, 5.74) is 0.553. The van der Waals surface area contributed by atoms with E-state index < -0.39 is 18.2 Å². The lowest BCUT2D eigenvalue weighted by molar-refractivity contribution is -0.166. The molecule has 0 saturated carbocycles. The molecule has 1 unspecified atom stereocenters. The van der Waals surface area contributed by atoms with Crippen molar-refractivity contribution in [2.75, 3.05) is 20.8 Å². The molecule has 1 aromatic heterocycles. The molecule has 140 valence electrons. The number of esters is 1. The number of hydrogen-bond acceptors (Lipinski definition) is 7. The van der Waals surface area contributed by atoms with Gasteiger partial charge >= 0.3 is 5.97 Å². The molecule has 2 aromatic rings. The number of carbonyl (C=O) groups is 1. The number of halogens is 1.